The largest absolute Gasteiger partial charge is 0.396 e. The van der Waals surface area contributed by atoms with Crippen molar-refractivity contribution in [2.45, 2.75) is 12.8 Å². The fraction of sp³-hybridized carbons (Fsp3) is 0.250. The van der Waals surface area contributed by atoms with Crippen LogP contribution in [0.25, 0.3) is 11.3 Å². The monoisotopic (exact) mass is 431 g/mol. The average molecular weight is 431 g/mol. The Bertz CT molecular complexity index is 1090. The number of hydrogen-bond donors (Lipinski definition) is 3. The molecular formula is C24H25N5O3. The highest BCUT2D eigenvalue weighted by Crippen LogP contribution is 2.22. The number of hydrogen-bond acceptors (Lipinski definition) is 6. The number of nitrogen functional groups attached to an aromatic ring is 1. The van der Waals surface area contributed by atoms with E-state index in [0.29, 0.717) is 30.0 Å². The maximum absolute atomic E-state index is 12.8. The number of piperidine rings is 1. The lowest BCUT2D eigenvalue weighted by Crippen LogP contribution is -2.39. The molecule has 4 N–H and O–H groups in total. The number of nitrogens with two attached hydrogens (primary N) is 1. The van der Waals surface area contributed by atoms with Gasteiger partial charge in [0.1, 0.15) is 0 Å². The average Bonchev–Trinajstić information content (AvgIpc) is 2.84. The first-order valence-electron chi connectivity index (χ1n) is 10.5. The molecule has 1 aliphatic rings. The van der Waals surface area contributed by atoms with Gasteiger partial charge in [-0.2, -0.15) is 0 Å². The van der Waals surface area contributed by atoms with Crippen LogP contribution >= 0.6 is 0 Å². The Labute approximate surface area is 186 Å². The van der Waals surface area contributed by atoms with Crippen LogP contribution in [0.2, 0.25) is 0 Å². The van der Waals surface area contributed by atoms with E-state index in [0.717, 1.165) is 18.4 Å². The van der Waals surface area contributed by atoms with Gasteiger partial charge in [0.05, 0.1) is 11.9 Å². The molecule has 0 aliphatic carbocycles. The highest BCUT2D eigenvalue weighted by Gasteiger charge is 2.23. The minimum absolute atomic E-state index is 0.0285. The molecule has 2 amide bonds. The minimum atomic E-state index is -0.443. The molecule has 3 aromatic rings. The number of carbonyl (C=O) groups is 2. The summed E-state index contributed by atoms with van der Waals surface area (Å²) in [5, 5.41) is 12.0. The minimum Gasteiger partial charge on any atom is -0.396 e. The molecule has 1 aliphatic heterocycles. The molecule has 164 valence electrons. The van der Waals surface area contributed by atoms with Crippen molar-refractivity contribution in [2.75, 3.05) is 30.7 Å². The number of benzene rings is 2. The van der Waals surface area contributed by atoms with E-state index >= 15 is 0 Å². The summed E-state index contributed by atoms with van der Waals surface area (Å²) < 4.78 is 0. The van der Waals surface area contributed by atoms with Gasteiger partial charge < -0.3 is 21.1 Å². The second kappa shape index (κ2) is 9.57. The summed E-state index contributed by atoms with van der Waals surface area (Å²) in [4.78, 5) is 35.7. The normalized spacial score (nSPS) is 14.2. The summed E-state index contributed by atoms with van der Waals surface area (Å²) in [6.45, 7) is 1.47. The van der Waals surface area contributed by atoms with Crippen molar-refractivity contribution in [3.63, 3.8) is 0 Å². The van der Waals surface area contributed by atoms with Crippen molar-refractivity contribution in [1.29, 1.82) is 0 Å². The lowest BCUT2D eigenvalue weighted by atomic mass is 9.97. The predicted octanol–water partition coefficient (Wildman–Crippen LogP) is 2.82. The molecule has 1 saturated heterocycles. The number of anilines is 2. The first-order chi connectivity index (χ1) is 15.5. The topological polar surface area (TPSA) is 121 Å². The van der Waals surface area contributed by atoms with Crippen molar-refractivity contribution in [2.24, 2.45) is 5.92 Å². The highest BCUT2D eigenvalue weighted by atomic mass is 16.3. The maximum atomic E-state index is 12.8. The maximum Gasteiger partial charge on any atom is 0.278 e. The molecule has 0 unspecified atom stereocenters. The van der Waals surface area contributed by atoms with Crippen molar-refractivity contribution in [3.05, 3.63) is 72.1 Å². The lowest BCUT2D eigenvalue weighted by molar-refractivity contribution is 0.0651. The van der Waals surface area contributed by atoms with E-state index in [-0.39, 0.29) is 29.9 Å². The van der Waals surface area contributed by atoms with Gasteiger partial charge in [-0.05, 0) is 43.0 Å². The smallest absolute Gasteiger partial charge is 0.278 e. The van der Waals surface area contributed by atoms with Crippen LogP contribution < -0.4 is 11.1 Å². The Balaban J connectivity index is 1.49. The molecule has 1 aromatic heterocycles. The number of para-hydroxylation sites is 1. The molecule has 4 rings (SSSR count). The van der Waals surface area contributed by atoms with Crippen LogP contribution in [0, 0.1) is 5.92 Å². The SMILES string of the molecule is Nc1ncc(-c2ccc(C(=O)N3CCC(CO)CC3)cc2)nc1C(=O)Nc1ccccc1. The van der Waals surface area contributed by atoms with E-state index in [2.05, 4.69) is 15.3 Å². The fourth-order valence-electron chi connectivity index (χ4n) is 3.70. The third-order valence-electron chi connectivity index (χ3n) is 5.64. The Hall–Kier alpha value is -3.78. The van der Waals surface area contributed by atoms with Crippen LogP contribution in [0.3, 0.4) is 0 Å². The van der Waals surface area contributed by atoms with Crippen LogP contribution in [-0.2, 0) is 0 Å². The van der Waals surface area contributed by atoms with Crippen LogP contribution in [-0.4, -0.2) is 51.5 Å². The van der Waals surface area contributed by atoms with E-state index in [9.17, 15) is 14.7 Å². The van der Waals surface area contributed by atoms with Crippen molar-refractivity contribution < 1.29 is 14.7 Å². The summed E-state index contributed by atoms with van der Waals surface area (Å²) >= 11 is 0. The molecule has 8 heteroatoms. The molecule has 2 aromatic carbocycles. The molecular weight excluding hydrogens is 406 g/mol. The Morgan fingerprint density at radius 2 is 1.75 bits per heavy atom. The number of aliphatic hydroxyl groups is 1. The third-order valence-corrected chi connectivity index (χ3v) is 5.64. The van der Waals surface area contributed by atoms with Gasteiger partial charge in [0.2, 0.25) is 0 Å². The van der Waals surface area contributed by atoms with Gasteiger partial charge in [0, 0.05) is 36.5 Å². The zero-order chi connectivity index (χ0) is 22.5. The first-order valence-corrected chi connectivity index (χ1v) is 10.5. The Morgan fingerprint density at radius 1 is 1.06 bits per heavy atom. The molecule has 8 nitrogen and oxygen atoms in total. The van der Waals surface area contributed by atoms with Gasteiger partial charge >= 0.3 is 0 Å². The first kappa shape index (κ1) is 21.5. The van der Waals surface area contributed by atoms with E-state index in [4.69, 9.17) is 5.73 Å². The molecule has 0 saturated carbocycles. The number of amides is 2. The quantitative estimate of drug-likeness (QED) is 0.571. The molecule has 0 spiro atoms. The van der Waals surface area contributed by atoms with E-state index in [1.54, 1.807) is 36.4 Å². The summed E-state index contributed by atoms with van der Waals surface area (Å²) in [6, 6.07) is 16.1. The summed E-state index contributed by atoms with van der Waals surface area (Å²) in [7, 11) is 0. The highest BCUT2D eigenvalue weighted by molar-refractivity contribution is 6.06. The third kappa shape index (κ3) is 4.76. The van der Waals surface area contributed by atoms with Crippen molar-refractivity contribution in [3.8, 4) is 11.3 Å². The van der Waals surface area contributed by atoms with E-state index < -0.39 is 5.91 Å². The molecule has 2 heterocycles. The van der Waals surface area contributed by atoms with Gasteiger partial charge in [-0.25, -0.2) is 9.97 Å². The second-order valence-corrected chi connectivity index (χ2v) is 7.80. The van der Waals surface area contributed by atoms with Gasteiger partial charge in [0.15, 0.2) is 11.5 Å². The number of likely N-dealkylation sites (tertiary alicyclic amines) is 1. The zero-order valence-electron chi connectivity index (χ0n) is 17.6. The van der Waals surface area contributed by atoms with Gasteiger partial charge in [-0.3, -0.25) is 9.59 Å². The van der Waals surface area contributed by atoms with Crippen LogP contribution in [0.15, 0.2) is 60.8 Å². The molecule has 32 heavy (non-hydrogen) atoms. The molecule has 0 bridgehead atoms. The van der Waals surface area contributed by atoms with Crippen LogP contribution in [0.1, 0.15) is 33.7 Å². The lowest BCUT2D eigenvalue weighted by Gasteiger charge is -2.31. The molecule has 0 radical (unpaired) electrons. The standard InChI is InChI=1S/C24H25N5O3/c25-22-21(23(31)27-19-4-2-1-3-5-19)28-20(14-26-22)17-6-8-18(9-7-17)24(32)29-12-10-16(15-30)11-13-29/h1-9,14,16,30H,10-13,15H2,(H2,25,26)(H,27,31). The number of carbonyl (C=O) groups excluding carboxylic acids is 2. The van der Waals surface area contributed by atoms with Gasteiger partial charge in [0.25, 0.3) is 11.8 Å². The Morgan fingerprint density at radius 3 is 2.41 bits per heavy atom. The fourth-order valence-corrected chi connectivity index (χ4v) is 3.70. The Kier molecular flexibility index (Phi) is 6.42. The van der Waals surface area contributed by atoms with Gasteiger partial charge in [-0.15, -0.1) is 0 Å². The summed E-state index contributed by atoms with van der Waals surface area (Å²) in [5.41, 5.74) is 8.36. The summed E-state index contributed by atoms with van der Waals surface area (Å²) in [6.07, 6.45) is 3.13. The number of aromatic nitrogens is 2. The second-order valence-electron chi connectivity index (χ2n) is 7.80. The summed E-state index contributed by atoms with van der Waals surface area (Å²) in [5.74, 6) is -0.153. The molecule has 1 fully saturated rings. The predicted molar refractivity (Wildman–Crippen MR) is 122 cm³/mol. The van der Waals surface area contributed by atoms with Crippen LogP contribution in [0.4, 0.5) is 11.5 Å². The number of nitrogens with zero attached hydrogens (tertiary/aromatic N) is 3. The van der Waals surface area contributed by atoms with Crippen molar-refractivity contribution >= 4 is 23.3 Å². The van der Waals surface area contributed by atoms with E-state index in [1.165, 1.54) is 6.20 Å². The van der Waals surface area contributed by atoms with E-state index in [1.807, 2.05) is 23.1 Å². The number of aliphatic hydroxyl groups excluding tert-OH is 1. The van der Waals surface area contributed by atoms with Gasteiger partial charge in [-0.1, -0.05) is 30.3 Å². The number of rotatable bonds is 5. The number of nitrogens with one attached hydrogen (secondary N) is 1. The van der Waals surface area contributed by atoms with Crippen molar-refractivity contribution in [1.82, 2.24) is 14.9 Å². The zero-order valence-corrected chi connectivity index (χ0v) is 17.6. The van der Waals surface area contributed by atoms with Crippen LogP contribution in [0.5, 0.6) is 0 Å². The molecule has 0 atom stereocenters.